The number of rotatable bonds is 6. The van der Waals surface area contributed by atoms with Crippen molar-refractivity contribution in [1.29, 1.82) is 0 Å². The normalized spacial score (nSPS) is 32.4. The molecule has 1 spiro atoms. The van der Waals surface area contributed by atoms with Crippen molar-refractivity contribution < 1.29 is 24.2 Å². The van der Waals surface area contributed by atoms with Gasteiger partial charge in [-0.15, -0.1) is 11.8 Å². The van der Waals surface area contributed by atoms with Gasteiger partial charge in [0.05, 0.1) is 40.5 Å². The van der Waals surface area contributed by atoms with Gasteiger partial charge in [0.2, 0.25) is 11.8 Å². The smallest absolute Gasteiger partial charge is 0.310 e. The van der Waals surface area contributed by atoms with Crippen LogP contribution in [0.25, 0.3) is 0 Å². The van der Waals surface area contributed by atoms with Crippen LogP contribution in [0.3, 0.4) is 0 Å². The van der Waals surface area contributed by atoms with E-state index < -0.39 is 22.6 Å². The van der Waals surface area contributed by atoms with Gasteiger partial charge in [0.1, 0.15) is 6.04 Å². The van der Waals surface area contributed by atoms with E-state index in [-0.39, 0.29) is 42.8 Å². The quantitative estimate of drug-likeness (QED) is 0.659. The van der Waals surface area contributed by atoms with Gasteiger partial charge in [0.25, 0.3) is 0 Å². The molecule has 0 saturated carbocycles. The van der Waals surface area contributed by atoms with Gasteiger partial charge in [0, 0.05) is 11.8 Å². The summed E-state index contributed by atoms with van der Waals surface area (Å²) < 4.78 is 4.55. The molecule has 1 aromatic rings. The molecule has 3 aliphatic rings. The Morgan fingerprint density at radius 1 is 1.41 bits per heavy atom. The number of benzene rings is 1. The van der Waals surface area contributed by atoms with Crippen molar-refractivity contribution in [2.45, 2.75) is 35.8 Å². The highest BCUT2D eigenvalue weighted by Crippen LogP contribution is 2.66. The minimum absolute atomic E-state index is 0.0325. The average molecular weight is 439 g/mol. The molecular formula is C20H23ClN2O5S. The lowest BCUT2D eigenvalue weighted by molar-refractivity contribution is -0.153. The second-order valence-electron chi connectivity index (χ2n) is 7.53. The molecule has 9 heteroatoms. The largest absolute Gasteiger partial charge is 0.466 e. The molecule has 3 aliphatic heterocycles. The zero-order chi connectivity index (χ0) is 20.8. The Morgan fingerprint density at radius 2 is 2.17 bits per heavy atom. The Hall–Kier alpha value is -1.77. The standard InChI is InChI=1S/C20H23ClN2O5S/c1-2-28-19(27)14-13-7-8-20(29-13)15(14)18(26)23(9-10-24)16(20)17(25)22-12-6-4-3-5-11(12)21/h3-6,13-16,24H,2,7-10H2,1H3,(H,22,25)/t13-,14+,15+,16?,20?/m1/s1. The number of ether oxygens (including phenoxy) is 1. The molecule has 2 bridgehead atoms. The SMILES string of the molecule is CCOC(=O)[C@@H]1[C@H]2C(=O)N(CCO)C(C(=O)Nc3ccccc3Cl)C23CC[C@H]1S3. The number of aliphatic hydroxyl groups is 1. The van der Waals surface area contributed by atoms with Gasteiger partial charge in [-0.05, 0) is 31.9 Å². The lowest BCUT2D eigenvalue weighted by Crippen LogP contribution is -2.51. The summed E-state index contributed by atoms with van der Waals surface area (Å²) in [5.74, 6) is -2.15. The maximum absolute atomic E-state index is 13.4. The number of nitrogens with zero attached hydrogens (tertiary/aromatic N) is 1. The Balaban J connectivity index is 1.69. The number of esters is 1. The van der Waals surface area contributed by atoms with E-state index in [0.29, 0.717) is 17.1 Å². The first-order valence-electron chi connectivity index (χ1n) is 9.75. The van der Waals surface area contributed by atoms with Crippen molar-refractivity contribution in [3.05, 3.63) is 29.3 Å². The Bertz CT molecular complexity index is 852. The van der Waals surface area contributed by atoms with Crippen LogP contribution in [0.4, 0.5) is 5.69 Å². The van der Waals surface area contributed by atoms with Crippen LogP contribution in [0.1, 0.15) is 19.8 Å². The summed E-state index contributed by atoms with van der Waals surface area (Å²) >= 11 is 7.74. The van der Waals surface area contributed by atoms with Gasteiger partial charge >= 0.3 is 5.97 Å². The van der Waals surface area contributed by atoms with Gasteiger partial charge in [-0.3, -0.25) is 14.4 Å². The number of fused-ring (bicyclic) bond motifs is 1. The van der Waals surface area contributed by atoms with E-state index in [2.05, 4.69) is 5.32 Å². The minimum Gasteiger partial charge on any atom is -0.466 e. The number of para-hydroxylation sites is 1. The number of anilines is 1. The van der Waals surface area contributed by atoms with E-state index in [1.807, 2.05) is 0 Å². The first-order valence-corrected chi connectivity index (χ1v) is 11.0. The minimum atomic E-state index is -0.780. The number of carbonyl (C=O) groups excluding carboxylic acids is 3. The van der Waals surface area contributed by atoms with Gasteiger partial charge < -0.3 is 20.1 Å². The molecule has 29 heavy (non-hydrogen) atoms. The van der Waals surface area contributed by atoms with Gasteiger partial charge in [-0.2, -0.15) is 0 Å². The molecule has 1 aromatic carbocycles. The van der Waals surface area contributed by atoms with Crippen LogP contribution in [-0.2, 0) is 19.1 Å². The highest BCUT2D eigenvalue weighted by Gasteiger charge is 2.73. The fourth-order valence-electron chi connectivity index (χ4n) is 5.07. The number of likely N-dealkylation sites (tertiary alicyclic amines) is 1. The third-order valence-electron chi connectivity index (χ3n) is 6.08. The van der Waals surface area contributed by atoms with Crippen LogP contribution in [0, 0.1) is 11.8 Å². The molecule has 156 valence electrons. The monoisotopic (exact) mass is 438 g/mol. The fraction of sp³-hybridized carbons (Fsp3) is 0.550. The van der Waals surface area contributed by atoms with Gasteiger partial charge in [-0.25, -0.2) is 0 Å². The molecule has 2 unspecified atom stereocenters. The molecule has 7 nitrogen and oxygen atoms in total. The fourth-order valence-corrected chi connectivity index (χ4v) is 7.46. The molecule has 3 heterocycles. The van der Waals surface area contributed by atoms with E-state index in [4.69, 9.17) is 16.3 Å². The van der Waals surface area contributed by atoms with Crippen LogP contribution < -0.4 is 5.32 Å². The van der Waals surface area contributed by atoms with Crippen LogP contribution in [0.15, 0.2) is 24.3 Å². The van der Waals surface area contributed by atoms with Crippen molar-refractivity contribution in [2.75, 3.05) is 25.1 Å². The predicted molar refractivity (Wildman–Crippen MR) is 110 cm³/mol. The van der Waals surface area contributed by atoms with Gasteiger partial charge in [-0.1, -0.05) is 23.7 Å². The number of carbonyl (C=O) groups is 3. The van der Waals surface area contributed by atoms with Crippen molar-refractivity contribution in [2.24, 2.45) is 11.8 Å². The summed E-state index contributed by atoms with van der Waals surface area (Å²) in [4.78, 5) is 40.7. The third-order valence-corrected chi connectivity index (χ3v) is 8.36. The predicted octanol–water partition coefficient (Wildman–Crippen LogP) is 1.93. The zero-order valence-electron chi connectivity index (χ0n) is 16.0. The number of aliphatic hydroxyl groups excluding tert-OH is 1. The molecule has 3 saturated heterocycles. The van der Waals surface area contributed by atoms with Crippen molar-refractivity contribution in [3.8, 4) is 0 Å². The second kappa shape index (κ2) is 7.81. The number of β-amino-alcohol motifs (C(OH)–C–C–N with tert-alkyl or cyclic N) is 1. The number of amides is 2. The van der Waals surface area contributed by atoms with Crippen molar-refractivity contribution in [1.82, 2.24) is 4.90 Å². The molecule has 2 N–H and O–H groups in total. The first-order chi connectivity index (χ1) is 13.9. The van der Waals surface area contributed by atoms with E-state index in [0.717, 1.165) is 6.42 Å². The third kappa shape index (κ3) is 3.12. The Labute approximate surface area is 178 Å². The van der Waals surface area contributed by atoms with Crippen LogP contribution in [-0.4, -0.2) is 63.6 Å². The van der Waals surface area contributed by atoms with E-state index >= 15 is 0 Å². The second-order valence-corrected chi connectivity index (χ2v) is 9.54. The topological polar surface area (TPSA) is 95.9 Å². The number of hydrogen-bond donors (Lipinski definition) is 2. The maximum Gasteiger partial charge on any atom is 0.310 e. The summed E-state index contributed by atoms with van der Waals surface area (Å²) in [6.07, 6.45) is 1.41. The van der Waals surface area contributed by atoms with E-state index in [9.17, 15) is 19.5 Å². The summed E-state index contributed by atoms with van der Waals surface area (Å²) in [6.45, 7) is 1.76. The molecule has 0 radical (unpaired) electrons. The molecule has 2 amide bonds. The molecule has 0 aliphatic carbocycles. The van der Waals surface area contributed by atoms with Crippen LogP contribution >= 0.6 is 23.4 Å². The van der Waals surface area contributed by atoms with E-state index in [1.165, 1.54) is 4.90 Å². The lowest BCUT2D eigenvalue weighted by Gasteiger charge is -2.34. The number of nitrogens with one attached hydrogen (secondary N) is 1. The summed E-state index contributed by atoms with van der Waals surface area (Å²) in [5, 5.41) is 12.7. The van der Waals surface area contributed by atoms with Gasteiger partial charge in [0.15, 0.2) is 0 Å². The molecule has 3 fully saturated rings. The van der Waals surface area contributed by atoms with Crippen molar-refractivity contribution >= 4 is 46.8 Å². The number of thioether (sulfide) groups is 1. The van der Waals surface area contributed by atoms with Crippen LogP contribution in [0.5, 0.6) is 0 Å². The Kier molecular flexibility index (Phi) is 5.52. The number of hydrogen-bond acceptors (Lipinski definition) is 6. The molecule has 5 atom stereocenters. The number of halogens is 1. The first kappa shape index (κ1) is 20.5. The lowest BCUT2D eigenvalue weighted by atomic mass is 9.71. The molecule has 0 aromatic heterocycles. The highest BCUT2D eigenvalue weighted by atomic mass is 35.5. The van der Waals surface area contributed by atoms with Crippen molar-refractivity contribution in [3.63, 3.8) is 0 Å². The maximum atomic E-state index is 13.4. The summed E-state index contributed by atoms with van der Waals surface area (Å²) in [5.41, 5.74) is 0.468. The zero-order valence-corrected chi connectivity index (χ0v) is 17.5. The van der Waals surface area contributed by atoms with E-state index in [1.54, 1.807) is 43.0 Å². The van der Waals surface area contributed by atoms with Crippen LogP contribution in [0.2, 0.25) is 5.02 Å². The molecule has 4 rings (SSSR count). The highest BCUT2D eigenvalue weighted by molar-refractivity contribution is 8.02. The Morgan fingerprint density at radius 3 is 2.86 bits per heavy atom. The average Bonchev–Trinajstić information content (AvgIpc) is 3.32. The summed E-state index contributed by atoms with van der Waals surface area (Å²) in [6, 6.07) is 6.13. The molecular weight excluding hydrogens is 416 g/mol. The summed E-state index contributed by atoms with van der Waals surface area (Å²) in [7, 11) is 0.